The molecule has 7 nitrogen and oxygen atoms in total. The van der Waals surface area contributed by atoms with Gasteiger partial charge in [0.2, 0.25) is 5.78 Å². The van der Waals surface area contributed by atoms with Crippen LogP contribution in [0.4, 0.5) is 5.13 Å². The quantitative estimate of drug-likeness (QED) is 0.268. The van der Waals surface area contributed by atoms with E-state index in [-0.39, 0.29) is 11.3 Å². The van der Waals surface area contributed by atoms with E-state index in [1.807, 2.05) is 12.1 Å². The van der Waals surface area contributed by atoms with Crippen LogP contribution in [0.1, 0.15) is 22.2 Å². The Kier molecular flexibility index (Phi) is 5.28. The number of hydrogen-bond acceptors (Lipinski definition) is 7. The monoisotopic (exact) mass is 516 g/mol. The molecule has 3 aromatic carbocycles. The highest BCUT2D eigenvalue weighted by Crippen LogP contribution is 2.45. The summed E-state index contributed by atoms with van der Waals surface area (Å²) < 4.78 is 11.9. The fourth-order valence-corrected chi connectivity index (χ4v) is 5.65. The second kappa shape index (κ2) is 8.51. The van der Waals surface area contributed by atoms with Gasteiger partial charge in [-0.05, 0) is 48.0 Å². The summed E-state index contributed by atoms with van der Waals surface area (Å²) in [5.41, 5.74) is 1.66. The van der Waals surface area contributed by atoms with Crippen LogP contribution in [-0.2, 0) is 4.79 Å². The number of benzene rings is 3. The molecule has 0 saturated heterocycles. The molecule has 3 heterocycles. The van der Waals surface area contributed by atoms with Gasteiger partial charge < -0.3 is 14.3 Å². The molecule has 0 fully saturated rings. The van der Waals surface area contributed by atoms with Crippen LogP contribution in [0.3, 0.4) is 0 Å². The lowest BCUT2D eigenvalue weighted by Crippen LogP contribution is -2.31. The summed E-state index contributed by atoms with van der Waals surface area (Å²) in [6, 6.07) is 20.1. The third kappa shape index (κ3) is 3.54. The van der Waals surface area contributed by atoms with Crippen LogP contribution in [0, 0.1) is 0 Å². The zero-order valence-electron chi connectivity index (χ0n) is 18.8. The maximum atomic E-state index is 13.7. The van der Waals surface area contributed by atoms with E-state index in [1.54, 1.807) is 60.7 Å². The van der Waals surface area contributed by atoms with Crippen molar-refractivity contribution in [2.45, 2.75) is 6.04 Å². The van der Waals surface area contributed by atoms with Crippen molar-refractivity contribution in [2.24, 2.45) is 0 Å². The number of furan rings is 1. The van der Waals surface area contributed by atoms with Crippen molar-refractivity contribution in [3.63, 3.8) is 0 Å². The van der Waals surface area contributed by atoms with E-state index in [4.69, 9.17) is 20.8 Å². The van der Waals surface area contributed by atoms with Gasteiger partial charge in [0.05, 0.1) is 28.9 Å². The highest BCUT2D eigenvalue weighted by atomic mass is 35.5. The Hall–Kier alpha value is -4.14. The molecule has 5 aromatic rings. The molecule has 9 heteroatoms. The number of thiazole rings is 1. The fraction of sp³-hybridized carbons (Fsp3) is 0.0741. The van der Waals surface area contributed by atoms with Gasteiger partial charge in [-0.2, -0.15) is 0 Å². The first-order valence-electron chi connectivity index (χ1n) is 10.9. The summed E-state index contributed by atoms with van der Waals surface area (Å²) in [5.74, 6) is -1.40. The molecule has 1 aliphatic heterocycles. The first-order valence-corrected chi connectivity index (χ1v) is 12.1. The standard InChI is InChI=1S/C27H17ClN2O5S/c1-34-17-7-4-6-15(11-17)23-22(24(31)20-12-14-5-2-3-8-19(14)35-20)25(32)26(33)30(23)27-29-18-10-9-16(28)13-21(18)36-27/h2-13,23,32H,1H3. The van der Waals surface area contributed by atoms with Crippen LogP contribution in [0.15, 0.2) is 88.5 Å². The van der Waals surface area contributed by atoms with Gasteiger partial charge in [0.1, 0.15) is 11.3 Å². The maximum absolute atomic E-state index is 13.7. The zero-order chi connectivity index (χ0) is 25.0. The van der Waals surface area contributed by atoms with Crippen molar-refractivity contribution in [1.82, 2.24) is 4.98 Å². The minimum absolute atomic E-state index is 0.0244. The normalized spacial score (nSPS) is 15.9. The largest absolute Gasteiger partial charge is 0.503 e. The van der Waals surface area contributed by atoms with E-state index in [1.165, 1.54) is 23.3 Å². The summed E-state index contributed by atoms with van der Waals surface area (Å²) in [7, 11) is 1.53. The topological polar surface area (TPSA) is 92.9 Å². The molecule has 0 saturated carbocycles. The molecule has 0 aliphatic carbocycles. The van der Waals surface area contributed by atoms with Crippen LogP contribution >= 0.6 is 22.9 Å². The number of fused-ring (bicyclic) bond motifs is 2. The van der Waals surface area contributed by atoms with Gasteiger partial charge in [0, 0.05) is 10.4 Å². The number of carbonyl (C=O) groups excluding carboxylic acids is 2. The van der Waals surface area contributed by atoms with E-state index >= 15 is 0 Å². The number of methoxy groups -OCH3 is 1. The van der Waals surface area contributed by atoms with Gasteiger partial charge >= 0.3 is 0 Å². The fourth-order valence-electron chi connectivity index (χ4n) is 4.38. The molecule has 0 bridgehead atoms. The summed E-state index contributed by atoms with van der Waals surface area (Å²) in [6.07, 6.45) is 0. The Balaban J connectivity index is 1.52. The minimum atomic E-state index is -0.954. The Morgan fingerprint density at radius 3 is 2.75 bits per heavy atom. The van der Waals surface area contributed by atoms with E-state index in [0.29, 0.717) is 32.6 Å². The highest BCUT2D eigenvalue weighted by Gasteiger charge is 2.46. The number of nitrogens with zero attached hydrogens (tertiary/aromatic N) is 2. The molecule has 1 N–H and O–H groups in total. The maximum Gasteiger partial charge on any atom is 0.296 e. The van der Waals surface area contributed by atoms with Crippen LogP contribution in [0.2, 0.25) is 5.02 Å². The summed E-state index contributed by atoms with van der Waals surface area (Å²) in [4.78, 5) is 33.1. The van der Waals surface area contributed by atoms with Crippen molar-refractivity contribution in [2.75, 3.05) is 12.0 Å². The molecule has 178 valence electrons. The zero-order valence-corrected chi connectivity index (χ0v) is 20.3. The van der Waals surface area contributed by atoms with Crippen LogP contribution in [0.25, 0.3) is 21.2 Å². The molecule has 36 heavy (non-hydrogen) atoms. The van der Waals surface area contributed by atoms with Crippen molar-refractivity contribution in [1.29, 1.82) is 0 Å². The van der Waals surface area contributed by atoms with Crippen molar-refractivity contribution in [3.8, 4) is 5.75 Å². The minimum Gasteiger partial charge on any atom is -0.503 e. The molecule has 1 atom stereocenters. The molecule has 2 aromatic heterocycles. The number of Topliss-reactive ketones (excluding diaryl/α,β-unsaturated/α-hetero) is 1. The van der Waals surface area contributed by atoms with E-state index in [0.717, 1.165) is 10.1 Å². The number of aliphatic hydroxyl groups excluding tert-OH is 1. The number of halogens is 1. The van der Waals surface area contributed by atoms with Crippen LogP contribution in [-0.4, -0.2) is 28.9 Å². The van der Waals surface area contributed by atoms with Gasteiger partial charge in [0.15, 0.2) is 16.7 Å². The highest BCUT2D eigenvalue weighted by molar-refractivity contribution is 7.22. The van der Waals surface area contributed by atoms with Crippen LogP contribution < -0.4 is 9.64 Å². The number of ketones is 1. The summed E-state index contributed by atoms with van der Waals surface area (Å²) in [6.45, 7) is 0. The lowest BCUT2D eigenvalue weighted by molar-refractivity contribution is -0.117. The third-order valence-electron chi connectivity index (χ3n) is 6.06. The predicted octanol–water partition coefficient (Wildman–Crippen LogP) is 6.49. The molecular weight excluding hydrogens is 500 g/mol. The first kappa shape index (κ1) is 22.3. The molecule has 0 spiro atoms. The number of ether oxygens (including phenoxy) is 1. The number of anilines is 1. The number of aromatic nitrogens is 1. The number of rotatable bonds is 5. The number of para-hydroxylation sites is 1. The van der Waals surface area contributed by atoms with Crippen molar-refractivity contribution >= 4 is 60.9 Å². The van der Waals surface area contributed by atoms with Crippen molar-refractivity contribution < 1.29 is 23.8 Å². The van der Waals surface area contributed by atoms with Gasteiger partial charge in [-0.25, -0.2) is 4.98 Å². The van der Waals surface area contributed by atoms with Gasteiger partial charge in [-0.15, -0.1) is 0 Å². The second-order valence-electron chi connectivity index (χ2n) is 8.20. The number of aliphatic hydroxyl groups is 1. The molecule has 1 aliphatic rings. The Morgan fingerprint density at radius 1 is 1.11 bits per heavy atom. The lowest BCUT2D eigenvalue weighted by atomic mass is 9.95. The molecule has 1 amide bonds. The Labute approximate surface area is 213 Å². The number of hydrogen-bond donors (Lipinski definition) is 1. The average Bonchev–Trinajstić information content (AvgIpc) is 3.57. The average molecular weight is 517 g/mol. The molecule has 6 rings (SSSR count). The molecular formula is C27H17ClN2O5S. The summed E-state index contributed by atoms with van der Waals surface area (Å²) in [5, 5.41) is 12.6. The molecule has 0 radical (unpaired) electrons. The third-order valence-corrected chi connectivity index (χ3v) is 7.31. The number of amides is 1. The van der Waals surface area contributed by atoms with Crippen molar-refractivity contribution in [3.05, 3.63) is 100 Å². The van der Waals surface area contributed by atoms with Gasteiger partial charge in [-0.1, -0.05) is 53.3 Å². The lowest BCUT2D eigenvalue weighted by Gasteiger charge is -2.24. The van der Waals surface area contributed by atoms with E-state index in [9.17, 15) is 14.7 Å². The number of carbonyl (C=O) groups is 2. The van der Waals surface area contributed by atoms with E-state index < -0.39 is 23.5 Å². The van der Waals surface area contributed by atoms with E-state index in [2.05, 4.69) is 4.98 Å². The SMILES string of the molecule is COc1cccc(C2C(C(=O)c3cc4ccccc4o3)=C(O)C(=O)N2c2nc3ccc(Cl)cc3s2)c1. The second-order valence-corrected chi connectivity index (χ2v) is 9.65. The smallest absolute Gasteiger partial charge is 0.296 e. The van der Waals surface area contributed by atoms with Gasteiger partial charge in [0.25, 0.3) is 5.91 Å². The van der Waals surface area contributed by atoms with Gasteiger partial charge in [-0.3, -0.25) is 14.5 Å². The summed E-state index contributed by atoms with van der Waals surface area (Å²) >= 11 is 7.39. The molecule has 1 unspecified atom stereocenters. The Bertz CT molecular complexity index is 1690. The van der Waals surface area contributed by atoms with Crippen LogP contribution in [0.5, 0.6) is 5.75 Å². The predicted molar refractivity (Wildman–Crippen MR) is 138 cm³/mol. The first-order chi connectivity index (χ1) is 17.4. The Morgan fingerprint density at radius 2 is 1.94 bits per heavy atom.